The van der Waals surface area contributed by atoms with Gasteiger partial charge in [-0.1, -0.05) is 12.1 Å². The largest absolute Gasteiger partial charge is 0.383 e. The zero-order chi connectivity index (χ0) is 17.6. The number of ether oxygens (including phenoxy) is 1. The van der Waals surface area contributed by atoms with Crippen molar-refractivity contribution in [3.8, 4) is 5.95 Å². The first-order valence-electron chi connectivity index (χ1n) is 8.07. The first-order valence-corrected chi connectivity index (χ1v) is 9.45. The van der Waals surface area contributed by atoms with Crippen LogP contribution in [0.1, 0.15) is 17.1 Å². The number of aromatic nitrogens is 4. The van der Waals surface area contributed by atoms with Gasteiger partial charge in [0.15, 0.2) is 0 Å². The number of anilines is 1. The molecular formula is C17H19N5O2S. The summed E-state index contributed by atoms with van der Waals surface area (Å²) < 4.78 is 19.3. The smallest absolute Gasteiger partial charge is 0.237 e. The highest BCUT2D eigenvalue weighted by atomic mass is 32.2. The summed E-state index contributed by atoms with van der Waals surface area (Å²) in [6.07, 6.45) is 0. The lowest BCUT2D eigenvalue weighted by molar-refractivity contribution is 0.0435. The topological polar surface area (TPSA) is 95.9 Å². The van der Waals surface area contributed by atoms with Gasteiger partial charge in [0.05, 0.1) is 35.2 Å². The molecule has 0 bridgehead atoms. The van der Waals surface area contributed by atoms with Crippen molar-refractivity contribution in [2.45, 2.75) is 24.9 Å². The number of hydrogen-bond acceptors (Lipinski definition) is 6. The van der Waals surface area contributed by atoms with Crippen LogP contribution in [-0.2, 0) is 21.3 Å². The summed E-state index contributed by atoms with van der Waals surface area (Å²) in [5, 5.41) is 0.0818. The number of aryl methyl sites for hydroxylation is 2. The molecule has 25 heavy (non-hydrogen) atoms. The number of nitrogen functional groups attached to an aromatic ring is 1. The van der Waals surface area contributed by atoms with Crippen molar-refractivity contribution in [3.05, 3.63) is 41.3 Å². The van der Waals surface area contributed by atoms with E-state index in [9.17, 15) is 4.21 Å². The third kappa shape index (κ3) is 2.81. The Morgan fingerprint density at radius 1 is 1.24 bits per heavy atom. The van der Waals surface area contributed by atoms with Crippen molar-refractivity contribution in [3.63, 3.8) is 0 Å². The Kier molecular flexibility index (Phi) is 4.01. The molecule has 0 amide bonds. The summed E-state index contributed by atoms with van der Waals surface area (Å²) in [6.45, 7) is 4.88. The average molecular weight is 357 g/mol. The summed E-state index contributed by atoms with van der Waals surface area (Å²) in [6, 6.07) is 7.83. The molecule has 0 radical (unpaired) electrons. The molecule has 1 fully saturated rings. The molecule has 3 heterocycles. The molecule has 1 aromatic carbocycles. The molecule has 130 valence electrons. The summed E-state index contributed by atoms with van der Waals surface area (Å²) in [4.78, 5) is 13.6. The second-order valence-corrected chi connectivity index (χ2v) is 7.86. The monoisotopic (exact) mass is 357 g/mol. The Bertz CT molecular complexity index is 957. The molecule has 7 nitrogen and oxygen atoms in total. The Morgan fingerprint density at radius 3 is 2.68 bits per heavy atom. The van der Waals surface area contributed by atoms with Crippen molar-refractivity contribution >= 4 is 27.7 Å². The molecule has 0 aliphatic carbocycles. The van der Waals surface area contributed by atoms with Crippen LogP contribution in [0.2, 0.25) is 0 Å². The maximum Gasteiger partial charge on any atom is 0.237 e. The molecule has 1 aliphatic heterocycles. The molecule has 1 aliphatic rings. The lowest BCUT2D eigenvalue weighted by Gasteiger charge is -2.25. The van der Waals surface area contributed by atoms with Crippen LogP contribution in [0.15, 0.2) is 24.3 Å². The van der Waals surface area contributed by atoms with Crippen LogP contribution in [0.3, 0.4) is 0 Å². The minimum atomic E-state index is -1.02. The SMILES string of the molecule is Cc1nc(-n2c(C)nc3ccccc32)nc(N)c1CS(=O)C1COC1. The standard InChI is InChI=1S/C17H19N5O2S/c1-10-13(9-25(23)12-7-24-8-12)16(18)21-17(19-10)22-11(2)20-14-5-3-4-6-15(14)22/h3-6,12H,7-9H2,1-2H3,(H2,18,19,21). The molecule has 3 aromatic rings. The van der Waals surface area contributed by atoms with E-state index in [2.05, 4.69) is 15.0 Å². The molecule has 1 unspecified atom stereocenters. The highest BCUT2D eigenvalue weighted by molar-refractivity contribution is 7.85. The van der Waals surface area contributed by atoms with Gasteiger partial charge in [0, 0.05) is 22.1 Å². The average Bonchev–Trinajstić information content (AvgIpc) is 2.84. The van der Waals surface area contributed by atoms with Crippen molar-refractivity contribution in [1.29, 1.82) is 0 Å². The zero-order valence-corrected chi connectivity index (χ0v) is 14.9. The second kappa shape index (κ2) is 6.20. The fraction of sp³-hybridized carbons (Fsp3) is 0.353. The lowest BCUT2D eigenvalue weighted by Crippen LogP contribution is -2.38. The molecule has 1 atom stereocenters. The number of imidazole rings is 1. The summed E-state index contributed by atoms with van der Waals surface area (Å²) in [5.41, 5.74) is 9.49. The zero-order valence-electron chi connectivity index (χ0n) is 14.1. The van der Waals surface area contributed by atoms with Crippen LogP contribution in [0, 0.1) is 13.8 Å². The lowest BCUT2D eigenvalue weighted by atomic mass is 10.2. The maximum atomic E-state index is 12.3. The van der Waals surface area contributed by atoms with E-state index in [0.717, 1.165) is 28.1 Å². The van der Waals surface area contributed by atoms with Gasteiger partial charge in [-0.15, -0.1) is 0 Å². The van der Waals surface area contributed by atoms with E-state index in [1.165, 1.54) is 0 Å². The highest BCUT2D eigenvalue weighted by Gasteiger charge is 2.26. The number of nitrogens with two attached hydrogens (primary N) is 1. The number of rotatable bonds is 4. The van der Waals surface area contributed by atoms with Gasteiger partial charge in [0.1, 0.15) is 11.6 Å². The van der Waals surface area contributed by atoms with Crippen LogP contribution >= 0.6 is 0 Å². The maximum absolute atomic E-state index is 12.3. The number of nitrogens with zero attached hydrogens (tertiary/aromatic N) is 4. The van der Waals surface area contributed by atoms with Crippen molar-refractivity contribution < 1.29 is 8.95 Å². The second-order valence-electron chi connectivity index (χ2n) is 6.14. The van der Waals surface area contributed by atoms with Gasteiger partial charge in [-0.25, -0.2) is 9.97 Å². The molecule has 4 rings (SSSR count). The van der Waals surface area contributed by atoms with Crippen LogP contribution < -0.4 is 5.73 Å². The molecule has 2 aromatic heterocycles. The third-order valence-electron chi connectivity index (χ3n) is 4.43. The first-order chi connectivity index (χ1) is 12.0. The van der Waals surface area contributed by atoms with Gasteiger partial charge in [-0.05, 0) is 26.0 Å². The fourth-order valence-corrected chi connectivity index (χ4v) is 4.28. The summed E-state index contributed by atoms with van der Waals surface area (Å²) in [5.74, 6) is 2.01. The molecule has 2 N–H and O–H groups in total. The van der Waals surface area contributed by atoms with Gasteiger partial charge >= 0.3 is 0 Å². The van der Waals surface area contributed by atoms with Gasteiger partial charge in [-0.3, -0.25) is 8.78 Å². The molecule has 0 spiro atoms. The predicted molar refractivity (Wildman–Crippen MR) is 97.0 cm³/mol. The Hall–Kier alpha value is -2.32. The Morgan fingerprint density at radius 2 is 2.00 bits per heavy atom. The van der Waals surface area contributed by atoms with Crippen LogP contribution in [0.5, 0.6) is 0 Å². The van der Waals surface area contributed by atoms with E-state index >= 15 is 0 Å². The number of hydrogen-bond donors (Lipinski definition) is 1. The number of para-hydroxylation sites is 2. The van der Waals surface area contributed by atoms with Gasteiger partial charge in [0.25, 0.3) is 0 Å². The molecular weight excluding hydrogens is 338 g/mol. The first kappa shape index (κ1) is 16.2. The van der Waals surface area contributed by atoms with E-state index in [1.54, 1.807) is 0 Å². The van der Waals surface area contributed by atoms with E-state index in [0.29, 0.717) is 30.7 Å². The minimum Gasteiger partial charge on any atom is -0.383 e. The quantitative estimate of drug-likeness (QED) is 0.763. The molecule has 1 saturated heterocycles. The predicted octanol–water partition coefficient (Wildman–Crippen LogP) is 1.66. The van der Waals surface area contributed by atoms with E-state index in [1.807, 2.05) is 42.7 Å². The van der Waals surface area contributed by atoms with E-state index in [4.69, 9.17) is 10.5 Å². The van der Waals surface area contributed by atoms with Crippen molar-refractivity contribution in [1.82, 2.24) is 19.5 Å². The minimum absolute atomic E-state index is 0.0818. The van der Waals surface area contributed by atoms with Gasteiger partial charge in [-0.2, -0.15) is 4.98 Å². The fourth-order valence-electron chi connectivity index (χ4n) is 2.91. The Labute approximate surface area is 147 Å². The summed E-state index contributed by atoms with van der Waals surface area (Å²) in [7, 11) is -1.02. The third-order valence-corrected chi connectivity index (χ3v) is 6.02. The van der Waals surface area contributed by atoms with Crippen molar-refractivity contribution in [2.24, 2.45) is 0 Å². The van der Waals surface area contributed by atoms with Gasteiger partial charge < -0.3 is 10.5 Å². The van der Waals surface area contributed by atoms with Crippen LogP contribution in [0.4, 0.5) is 5.82 Å². The van der Waals surface area contributed by atoms with E-state index < -0.39 is 10.8 Å². The molecule has 0 saturated carbocycles. The highest BCUT2D eigenvalue weighted by Crippen LogP contribution is 2.23. The van der Waals surface area contributed by atoms with E-state index in [-0.39, 0.29) is 5.25 Å². The van der Waals surface area contributed by atoms with Gasteiger partial charge in [0.2, 0.25) is 5.95 Å². The molecule has 8 heteroatoms. The Balaban J connectivity index is 1.74. The van der Waals surface area contributed by atoms with Crippen molar-refractivity contribution in [2.75, 3.05) is 18.9 Å². The normalized spacial score (nSPS) is 16.1. The number of fused-ring (bicyclic) bond motifs is 1. The van der Waals surface area contributed by atoms with Crippen LogP contribution in [-0.4, -0.2) is 42.2 Å². The number of benzene rings is 1. The summed E-state index contributed by atoms with van der Waals surface area (Å²) >= 11 is 0. The van der Waals surface area contributed by atoms with Crippen LogP contribution in [0.25, 0.3) is 17.0 Å².